The van der Waals surface area contributed by atoms with Gasteiger partial charge in [0.05, 0.1) is 6.04 Å². The third kappa shape index (κ3) is 4.02. The van der Waals surface area contributed by atoms with Gasteiger partial charge in [0, 0.05) is 17.3 Å². The maximum Gasteiger partial charge on any atom is 0.157 e. The summed E-state index contributed by atoms with van der Waals surface area (Å²) in [5.74, 6) is 1.09. The number of thioether (sulfide) groups is 1. The standard InChI is InChI=1S/C17H17ClN2S/c18-15-8-4-7-14(12-15)16(20-17-19-9-10-21-17)11-13-5-2-1-3-6-13/h1-8,12,16H,9-11H2,(H,19,20). The summed E-state index contributed by atoms with van der Waals surface area (Å²) in [6.07, 6.45) is 0.882. The van der Waals surface area contributed by atoms with E-state index in [1.807, 2.05) is 24.3 Å². The number of nitrogens with zero attached hydrogens (tertiary/aromatic N) is 1. The van der Waals surface area contributed by atoms with Crippen LogP contribution in [0, 0.1) is 0 Å². The van der Waals surface area contributed by atoms with Gasteiger partial charge in [-0.05, 0) is 29.7 Å². The molecular weight excluding hydrogens is 300 g/mol. The number of nitrogens with one attached hydrogen (secondary N) is 1. The summed E-state index contributed by atoms with van der Waals surface area (Å²) in [4.78, 5) is 4.89. The Kier molecular flexibility index (Phi) is 4.84. The Morgan fingerprint density at radius 1 is 1.14 bits per heavy atom. The van der Waals surface area contributed by atoms with Crippen molar-refractivity contribution in [3.63, 3.8) is 0 Å². The van der Waals surface area contributed by atoms with Gasteiger partial charge in [-0.25, -0.2) is 0 Å². The first-order chi connectivity index (χ1) is 10.3. The molecule has 0 saturated carbocycles. The minimum absolute atomic E-state index is 0.0965. The summed E-state index contributed by atoms with van der Waals surface area (Å²) >= 11 is 7.93. The van der Waals surface area contributed by atoms with Gasteiger partial charge >= 0.3 is 0 Å². The van der Waals surface area contributed by atoms with Crippen molar-refractivity contribution in [2.75, 3.05) is 12.3 Å². The van der Waals surface area contributed by atoms with E-state index >= 15 is 0 Å². The lowest BCUT2D eigenvalue weighted by Gasteiger charge is -2.14. The van der Waals surface area contributed by atoms with Crippen LogP contribution in [0.5, 0.6) is 0 Å². The van der Waals surface area contributed by atoms with Crippen LogP contribution in [-0.4, -0.2) is 17.5 Å². The summed E-state index contributed by atoms with van der Waals surface area (Å²) < 4.78 is 0. The van der Waals surface area contributed by atoms with Gasteiger partial charge in [0.25, 0.3) is 0 Å². The van der Waals surface area contributed by atoms with E-state index in [0.29, 0.717) is 0 Å². The molecule has 1 saturated heterocycles. The number of rotatable bonds is 4. The topological polar surface area (TPSA) is 24.4 Å². The molecule has 1 atom stereocenters. The molecule has 1 aliphatic rings. The molecule has 2 aromatic carbocycles. The van der Waals surface area contributed by atoms with Crippen LogP contribution < -0.4 is 5.32 Å². The maximum atomic E-state index is 6.14. The fraction of sp³-hybridized carbons (Fsp3) is 0.235. The Morgan fingerprint density at radius 3 is 2.71 bits per heavy atom. The predicted molar refractivity (Wildman–Crippen MR) is 92.2 cm³/mol. The summed E-state index contributed by atoms with van der Waals surface area (Å²) in [5, 5.41) is 5.14. The van der Waals surface area contributed by atoms with E-state index in [0.717, 1.165) is 34.5 Å². The van der Waals surface area contributed by atoms with E-state index in [2.05, 4.69) is 35.6 Å². The second-order valence-corrected chi connectivity index (χ2v) is 6.49. The molecule has 1 N–H and O–H groups in total. The summed E-state index contributed by atoms with van der Waals surface area (Å²) in [7, 11) is 0. The van der Waals surface area contributed by atoms with E-state index in [4.69, 9.17) is 16.6 Å². The SMILES string of the molecule is Clc1cccc(C(Cc2ccccc2)/N=C2/NCCS2)c1. The third-order valence-electron chi connectivity index (χ3n) is 3.40. The van der Waals surface area contributed by atoms with Crippen molar-refractivity contribution in [2.24, 2.45) is 4.99 Å². The van der Waals surface area contributed by atoms with E-state index in [1.54, 1.807) is 11.8 Å². The highest BCUT2D eigenvalue weighted by Gasteiger charge is 2.15. The quantitative estimate of drug-likeness (QED) is 0.908. The van der Waals surface area contributed by atoms with Crippen molar-refractivity contribution in [3.8, 4) is 0 Å². The summed E-state index contributed by atoms with van der Waals surface area (Å²) in [5.41, 5.74) is 2.45. The van der Waals surface area contributed by atoms with Gasteiger partial charge in [0.2, 0.25) is 0 Å². The molecule has 1 heterocycles. The van der Waals surface area contributed by atoms with Crippen LogP contribution >= 0.6 is 23.4 Å². The number of aliphatic imine (C=N–C) groups is 1. The first kappa shape index (κ1) is 14.5. The monoisotopic (exact) mass is 316 g/mol. The van der Waals surface area contributed by atoms with Crippen molar-refractivity contribution in [2.45, 2.75) is 12.5 Å². The Labute approximate surface area is 134 Å². The third-order valence-corrected chi connectivity index (χ3v) is 4.56. The largest absolute Gasteiger partial charge is 0.364 e. The summed E-state index contributed by atoms with van der Waals surface area (Å²) in [6, 6.07) is 18.6. The van der Waals surface area contributed by atoms with Gasteiger partial charge in [-0.3, -0.25) is 4.99 Å². The molecule has 2 nitrogen and oxygen atoms in total. The Hall–Kier alpha value is -1.45. The van der Waals surface area contributed by atoms with Crippen molar-refractivity contribution in [3.05, 3.63) is 70.7 Å². The van der Waals surface area contributed by atoms with Gasteiger partial charge in [-0.15, -0.1) is 0 Å². The molecule has 21 heavy (non-hydrogen) atoms. The Morgan fingerprint density at radius 2 is 2.00 bits per heavy atom. The minimum atomic E-state index is 0.0965. The number of benzene rings is 2. The Bertz CT molecular complexity index is 620. The zero-order valence-corrected chi connectivity index (χ0v) is 13.2. The van der Waals surface area contributed by atoms with Crippen LogP contribution in [0.3, 0.4) is 0 Å². The van der Waals surface area contributed by atoms with Crippen LogP contribution in [0.25, 0.3) is 0 Å². The zero-order chi connectivity index (χ0) is 14.5. The fourth-order valence-electron chi connectivity index (χ4n) is 2.37. The molecule has 1 aliphatic heterocycles. The molecular formula is C17H17ClN2S. The summed E-state index contributed by atoms with van der Waals surface area (Å²) in [6.45, 7) is 0.997. The maximum absolute atomic E-state index is 6.14. The van der Waals surface area contributed by atoms with Crippen molar-refractivity contribution >= 4 is 28.5 Å². The molecule has 0 amide bonds. The molecule has 108 valence electrons. The molecule has 0 aliphatic carbocycles. The smallest absolute Gasteiger partial charge is 0.157 e. The van der Waals surface area contributed by atoms with E-state index in [-0.39, 0.29) is 6.04 Å². The second-order valence-electron chi connectivity index (χ2n) is 4.97. The molecule has 0 radical (unpaired) electrons. The number of hydrogen-bond acceptors (Lipinski definition) is 2. The van der Waals surface area contributed by atoms with Gasteiger partial charge < -0.3 is 5.32 Å². The van der Waals surface area contributed by atoms with Gasteiger partial charge in [0.1, 0.15) is 0 Å². The molecule has 0 bridgehead atoms. The molecule has 1 fully saturated rings. The van der Waals surface area contributed by atoms with E-state index < -0.39 is 0 Å². The number of amidine groups is 1. The highest BCUT2D eigenvalue weighted by molar-refractivity contribution is 8.14. The lowest BCUT2D eigenvalue weighted by atomic mass is 9.99. The fourth-order valence-corrected chi connectivity index (χ4v) is 3.37. The van der Waals surface area contributed by atoms with Gasteiger partial charge in [-0.1, -0.05) is 65.8 Å². The number of hydrogen-bond donors (Lipinski definition) is 1. The average molecular weight is 317 g/mol. The van der Waals surface area contributed by atoms with Crippen LogP contribution in [0.15, 0.2) is 59.6 Å². The van der Waals surface area contributed by atoms with Crippen molar-refractivity contribution in [1.29, 1.82) is 0 Å². The molecule has 0 spiro atoms. The molecule has 4 heteroatoms. The first-order valence-electron chi connectivity index (χ1n) is 7.05. The highest BCUT2D eigenvalue weighted by atomic mass is 35.5. The molecule has 2 aromatic rings. The first-order valence-corrected chi connectivity index (χ1v) is 8.41. The number of halogens is 1. The molecule has 3 rings (SSSR count). The van der Waals surface area contributed by atoms with Gasteiger partial charge in [-0.2, -0.15) is 0 Å². The molecule has 1 unspecified atom stereocenters. The van der Waals surface area contributed by atoms with Gasteiger partial charge in [0.15, 0.2) is 5.17 Å². The lowest BCUT2D eigenvalue weighted by Crippen LogP contribution is -2.15. The van der Waals surface area contributed by atoms with Crippen LogP contribution in [0.4, 0.5) is 0 Å². The van der Waals surface area contributed by atoms with Crippen molar-refractivity contribution in [1.82, 2.24) is 5.32 Å². The zero-order valence-electron chi connectivity index (χ0n) is 11.6. The van der Waals surface area contributed by atoms with E-state index in [9.17, 15) is 0 Å². The molecule has 0 aromatic heterocycles. The Balaban J connectivity index is 1.88. The second kappa shape index (κ2) is 7.01. The lowest BCUT2D eigenvalue weighted by molar-refractivity contribution is 0.722. The average Bonchev–Trinajstić information content (AvgIpc) is 3.01. The van der Waals surface area contributed by atoms with Crippen LogP contribution in [0.2, 0.25) is 5.02 Å². The van der Waals surface area contributed by atoms with Crippen LogP contribution in [-0.2, 0) is 6.42 Å². The normalized spacial score (nSPS) is 17.7. The van der Waals surface area contributed by atoms with Crippen LogP contribution in [0.1, 0.15) is 17.2 Å². The predicted octanol–water partition coefficient (Wildman–Crippen LogP) is 4.32. The van der Waals surface area contributed by atoms with Crippen molar-refractivity contribution < 1.29 is 0 Å². The minimum Gasteiger partial charge on any atom is -0.364 e. The van der Waals surface area contributed by atoms with E-state index in [1.165, 1.54) is 5.56 Å². The highest BCUT2D eigenvalue weighted by Crippen LogP contribution is 2.26.